The normalized spacial score (nSPS) is 12.7. The standard InChI is InChI=1S/C17H19NO5S/c1-2-3-8-15(17(20)21)16(19)18-24(22,23)14-10-9-12-6-4-5-7-13(12)11-14/h4-7,9-11,15H,2-3,8H2,1H3,(H,18,19)(H,20,21). The fourth-order valence-electron chi connectivity index (χ4n) is 2.37. The minimum absolute atomic E-state index is 0.0748. The molecule has 7 heteroatoms. The molecule has 128 valence electrons. The van der Waals surface area contributed by atoms with E-state index in [2.05, 4.69) is 0 Å². The van der Waals surface area contributed by atoms with Gasteiger partial charge in [-0.3, -0.25) is 9.59 Å². The van der Waals surface area contributed by atoms with Gasteiger partial charge in [-0.2, -0.15) is 0 Å². The van der Waals surface area contributed by atoms with Gasteiger partial charge in [0.05, 0.1) is 4.90 Å². The summed E-state index contributed by atoms with van der Waals surface area (Å²) in [4.78, 5) is 23.2. The first-order chi connectivity index (χ1) is 11.3. The Morgan fingerprint density at radius 2 is 1.79 bits per heavy atom. The topological polar surface area (TPSA) is 101 Å². The van der Waals surface area contributed by atoms with Crippen molar-refractivity contribution in [2.75, 3.05) is 0 Å². The molecule has 0 aliphatic carbocycles. The third-order valence-corrected chi connectivity index (χ3v) is 5.07. The number of fused-ring (bicyclic) bond motifs is 1. The third-order valence-electron chi connectivity index (χ3n) is 3.73. The van der Waals surface area contributed by atoms with Gasteiger partial charge in [0.25, 0.3) is 10.0 Å². The number of carbonyl (C=O) groups is 2. The molecule has 1 unspecified atom stereocenters. The molecule has 0 fully saturated rings. The van der Waals surface area contributed by atoms with E-state index >= 15 is 0 Å². The van der Waals surface area contributed by atoms with Crippen LogP contribution in [0.3, 0.4) is 0 Å². The maximum Gasteiger partial charge on any atom is 0.316 e. The highest BCUT2D eigenvalue weighted by atomic mass is 32.2. The van der Waals surface area contributed by atoms with Crippen molar-refractivity contribution in [1.29, 1.82) is 0 Å². The van der Waals surface area contributed by atoms with E-state index < -0.39 is 27.8 Å². The summed E-state index contributed by atoms with van der Waals surface area (Å²) in [7, 11) is -4.12. The molecule has 0 aromatic heterocycles. The Bertz CT molecular complexity index is 860. The Morgan fingerprint density at radius 1 is 1.12 bits per heavy atom. The van der Waals surface area contributed by atoms with E-state index in [0.717, 1.165) is 5.39 Å². The summed E-state index contributed by atoms with van der Waals surface area (Å²) in [6.07, 6.45) is 1.35. The Balaban J connectivity index is 2.25. The molecule has 0 aliphatic heterocycles. The first kappa shape index (κ1) is 17.9. The van der Waals surface area contributed by atoms with Crippen molar-refractivity contribution < 1.29 is 23.1 Å². The number of nitrogens with one attached hydrogen (secondary N) is 1. The fraction of sp³-hybridized carbons (Fsp3) is 0.294. The average molecular weight is 349 g/mol. The summed E-state index contributed by atoms with van der Waals surface area (Å²) in [5, 5.41) is 10.7. The van der Waals surface area contributed by atoms with Crippen LogP contribution in [0.4, 0.5) is 0 Å². The number of amides is 1. The summed E-state index contributed by atoms with van der Waals surface area (Å²) < 4.78 is 26.6. The number of aliphatic carboxylic acids is 1. The first-order valence-electron chi connectivity index (χ1n) is 7.63. The van der Waals surface area contributed by atoms with Crippen LogP contribution in [0.25, 0.3) is 10.8 Å². The Labute approximate surface area is 140 Å². The molecule has 2 N–H and O–H groups in total. The number of carbonyl (C=O) groups excluding carboxylic acids is 1. The summed E-state index contributed by atoms with van der Waals surface area (Å²) >= 11 is 0. The number of carboxylic acid groups (broad SMARTS) is 1. The lowest BCUT2D eigenvalue weighted by Crippen LogP contribution is -2.39. The number of benzene rings is 2. The fourth-order valence-corrected chi connectivity index (χ4v) is 3.43. The zero-order chi connectivity index (χ0) is 17.7. The molecule has 2 aromatic carbocycles. The first-order valence-corrected chi connectivity index (χ1v) is 9.11. The van der Waals surface area contributed by atoms with Crippen LogP contribution in [0.2, 0.25) is 0 Å². The molecule has 6 nitrogen and oxygen atoms in total. The SMILES string of the molecule is CCCCC(C(=O)O)C(=O)NS(=O)(=O)c1ccc2ccccc2c1. The highest BCUT2D eigenvalue weighted by Gasteiger charge is 2.29. The van der Waals surface area contributed by atoms with Gasteiger partial charge in [0.1, 0.15) is 5.92 Å². The predicted molar refractivity (Wildman–Crippen MR) is 89.9 cm³/mol. The van der Waals surface area contributed by atoms with Crippen molar-refractivity contribution in [1.82, 2.24) is 4.72 Å². The molecular formula is C17H19NO5S. The molecule has 1 amide bonds. The van der Waals surface area contributed by atoms with Crippen molar-refractivity contribution in [3.8, 4) is 0 Å². The molecule has 0 aliphatic rings. The number of unbranched alkanes of at least 4 members (excludes halogenated alkanes) is 1. The monoisotopic (exact) mass is 349 g/mol. The van der Waals surface area contributed by atoms with Crippen LogP contribution >= 0.6 is 0 Å². The molecular weight excluding hydrogens is 330 g/mol. The molecule has 0 heterocycles. The van der Waals surface area contributed by atoms with Gasteiger partial charge in [-0.25, -0.2) is 13.1 Å². The number of carboxylic acids is 1. The Hall–Kier alpha value is -2.41. The van der Waals surface area contributed by atoms with E-state index in [1.807, 2.05) is 23.8 Å². The second-order valence-electron chi connectivity index (χ2n) is 5.51. The number of rotatable bonds is 7. The summed E-state index contributed by atoms with van der Waals surface area (Å²) in [5.74, 6) is -3.71. The van der Waals surface area contributed by atoms with E-state index in [1.54, 1.807) is 18.2 Å². The van der Waals surface area contributed by atoms with Crippen LogP contribution in [-0.4, -0.2) is 25.4 Å². The number of hydrogen-bond donors (Lipinski definition) is 2. The van der Waals surface area contributed by atoms with E-state index in [9.17, 15) is 18.0 Å². The summed E-state index contributed by atoms with van der Waals surface area (Å²) in [5.41, 5.74) is 0. The van der Waals surface area contributed by atoms with Crippen molar-refractivity contribution in [3.63, 3.8) is 0 Å². The molecule has 2 aromatic rings. The molecule has 0 radical (unpaired) electrons. The van der Waals surface area contributed by atoms with Crippen LogP contribution in [-0.2, 0) is 19.6 Å². The minimum Gasteiger partial charge on any atom is -0.481 e. The van der Waals surface area contributed by atoms with Crippen LogP contribution in [0, 0.1) is 5.92 Å². The van der Waals surface area contributed by atoms with E-state index in [1.165, 1.54) is 12.1 Å². The molecule has 0 saturated heterocycles. The van der Waals surface area contributed by atoms with Gasteiger partial charge in [-0.15, -0.1) is 0 Å². The van der Waals surface area contributed by atoms with Gasteiger partial charge in [-0.1, -0.05) is 50.1 Å². The van der Waals surface area contributed by atoms with E-state index in [4.69, 9.17) is 5.11 Å². The molecule has 0 saturated carbocycles. The van der Waals surface area contributed by atoms with Gasteiger partial charge >= 0.3 is 5.97 Å². The van der Waals surface area contributed by atoms with Gasteiger partial charge in [0, 0.05) is 0 Å². The van der Waals surface area contributed by atoms with Crippen molar-refractivity contribution >= 4 is 32.7 Å². The quantitative estimate of drug-likeness (QED) is 0.748. The van der Waals surface area contributed by atoms with Crippen LogP contribution < -0.4 is 4.72 Å². The van der Waals surface area contributed by atoms with Gasteiger partial charge in [0.2, 0.25) is 5.91 Å². The molecule has 2 rings (SSSR count). The van der Waals surface area contributed by atoms with Crippen molar-refractivity contribution in [2.45, 2.75) is 31.1 Å². The molecule has 24 heavy (non-hydrogen) atoms. The zero-order valence-electron chi connectivity index (χ0n) is 13.2. The van der Waals surface area contributed by atoms with Gasteiger partial charge in [-0.05, 0) is 29.3 Å². The number of hydrogen-bond acceptors (Lipinski definition) is 4. The van der Waals surface area contributed by atoms with Crippen LogP contribution in [0.1, 0.15) is 26.2 Å². The maximum absolute atomic E-state index is 12.4. The van der Waals surface area contributed by atoms with E-state index in [-0.39, 0.29) is 11.3 Å². The summed E-state index contributed by atoms with van der Waals surface area (Å²) in [6, 6.07) is 11.7. The van der Waals surface area contributed by atoms with Crippen LogP contribution in [0.15, 0.2) is 47.4 Å². The third kappa shape index (κ3) is 4.11. The zero-order valence-corrected chi connectivity index (χ0v) is 14.0. The van der Waals surface area contributed by atoms with Gasteiger partial charge in [0.15, 0.2) is 0 Å². The maximum atomic E-state index is 12.4. The second-order valence-corrected chi connectivity index (χ2v) is 7.19. The minimum atomic E-state index is -4.12. The number of sulfonamides is 1. The van der Waals surface area contributed by atoms with E-state index in [0.29, 0.717) is 18.2 Å². The second kappa shape index (κ2) is 7.44. The lowest BCUT2D eigenvalue weighted by Gasteiger charge is -2.13. The van der Waals surface area contributed by atoms with Crippen LogP contribution in [0.5, 0.6) is 0 Å². The predicted octanol–water partition coefficient (Wildman–Crippen LogP) is 2.54. The molecule has 0 spiro atoms. The Kier molecular flexibility index (Phi) is 5.56. The highest BCUT2D eigenvalue weighted by molar-refractivity contribution is 7.90. The molecule has 0 bridgehead atoms. The van der Waals surface area contributed by atoms with Gasteiger partial charge < -0.3 is 5.11 Å². The van der Waals surface area contributed by atoms with Crippen molar-refractivity contribution in [3.05, 3.63) is 42.5 Å². The lowest BCUT2D eigenvalue weighted by molar-refractivity contribution is -0.146. The lowest BCUT2D eigenvalue weighted by atomic mass is 10.0. The average Bonchev–Trinajstić information content (AvgIpc) is 2.54. The Morgan fingerprint density at radius 3 is 2.42 bits per heavy atom. The van der Waals surface area contributed by atoms with Crippen molar-refractivity contribution in [2.24, 2.45) is 5.92 Å². The summed E-state index contributed by atoms with van der Waals surface area (Å²) in [6.45, 7) is 1.86. The highest BCUT2D eigenvalue weighted by Crippen LogP contribution is 2.19. The largest absolute Gasteiger partial charge is 0.481 e. The molecule has 1 atom stereocenters. The smallest absolute Gasteiger partial charge is 0.316 e.